The second kappa shape index (κ2) is 4.53. The van der Waals surface area contributed by atoms with Gasteiger partial charge in [0.2, 0.25) is 0 Å². The highest BCUT2D eigenvalue weighted by molar-refractivity contribution is 5.73. The fourth-order valence-electron chi connectivity index (χ4n) is 1.74. The summed E-state index contributed by atoms with van der Waals surface area (Å²) in [6.45, 7) is 1.96. The molecule has 0 saturated heterocycles. The number of fused-ring (bicyclic) bond motifs is 1. The number of hydrogen-bond donors (Lipinski definition) is 1. The first-order valence-corrected chi connectivity index (χ1v) is 5.86. The fourth-order valence-corrected chi connectivity index (χ4v) is 1.74. The van der Waals surface area contributed by atoms with Crippen LogP contribution in [0, 0.1) is 6.92 Å². The van der Waals surface area contributed by atoms with E-state index in [-0.39, 0.29) is 6.01 Å². The predicted octanol–water partition coefficient (Wildman–Crippen LogP) is 2.71. The zero-order valence-corrected chi connectivity index (χ0v) is 10.4. The van der Waals surface area contributed by atoms with Crippen LogP contribution in [0.2, 0.25) is 0 Å². The maximum atomic E-state index is 5.85. The molecule has 0 aliphatic rings. The van der Waals surface area contributed by atoms with Crippen molar-refractivity contribution >= 4 is 16.7 Å². The molecule has 0 aliphatic carbocycles. The molecule has 94 valence electrons. The number of aromatic nitrogens is 3. The van der Waals surface area contributed by atoms with Crippen molar-refractivity contribution in [2.45, 2.75) is 6.92 Å². The van der Waals surface area contributed by atoms with Crippen molar-refractivity contribution in [3.63, 3.8) is 0 Å². The molecular formula is C14H12N4O. The maximum absolute atomic E-state index is 5.85. The van der Waals surface area contributed by atoms with Crippen LogP contribution >= 0.6 is 0 Å². The van der Waals surface area contributed by atoms with Crippen LogP contribution in [0.25, 0.3) is 11.0 Å². The van der Waals surface area contributed by atoms with Crippen LogP contribution in [0.1, 0.15) is 5.56 Å². The third kappa shape index (κ3) is 2.30. The second-order valence-corrected chi connectivity index (χ2v) is 4.23. The molecule has 0 radical (unpaired) electrons. The number of anilines is 1. The average molecular weight is 252 g/mol. The molecule has 0 fully saturated rings. The summed E-state index contributed by atoms with van der Waals surface area (Å²) in [5.74, 6) is 0.539. The van der Waals surface area contributed by atoms with Gasteiger partial charge in [0, 0.05) is 0 Å². The summed E-state index contributed by atoms with van der Waals surface area (Å²) in [6.07, 6.45) is 0. The van der Waals surface area contributed by atoms with E-state index in [1.165, 1.54) is 0 Å². The Morgan fingerprint density at radius 3 is 2.63 bits per heavy atom. The molecule has 3 rings (SSSR count). The highest BCUT2D eigenvalue weighted by Gasteiger charge is 2.06. The summed E-state index contributed by atoms with van der Waals surface area (Å²) in [7, 11) is 0. The number of para-hydroxylation sites is 1. The van der Waals surface area contributed by atoms with E-state index >= 15 is 0 Å². The van der Waals surface area contributed by atoms with Gasteiger partial charge >= 0.3 is 6.01 Å². The van der Waals surface area contributed by atoms with Gasteiger partial charge in [0.05, 0.1) is 11.2 Å². The van der Waals surface area contributed by atoms with E-state index in [9.17, 15) is 0 Å². The quantitative estimate of drug-likeness (QED) is 0.710. The average Bonchev–Trinajstić information content (AvgIpc) is 2.43. The highest BCUT2D eigenvalue weighted by atomic mass is 16.5. The standard InChI is InChI=1S/C14H12N4O/c1-9-6-7-10(15)13(8-9)19-14-16-11-4-2-3-5-12(11)17-18-14/h2-8H,15H2,1H3. The van der Waals surface area contributed by atoms with Crippen molar-refractivity contribution in [2.75, 3.05) is 5.73 Å². The van der Waals surface area contributed by atoms with Gasteiger partial charge in [-0.1, -0.05) is 23.3 Å². The molecule has 0 spiro atoms. The van der Waals surface area contributed by atoms with E-state index in [2.05, 4.69) is 15.2 Å². The molecule has 0 atom stereocenters. The predicted molar refractivity (Wildman–Crippen MR) is 73.0 cm³/mol. The van der Waals surface area contributed by atoms with E-state index in [1.807, 2.05) is 43.3 Å². The molecular weight excluding hydrogens is 240 g/mol. The number of aryl methyl sites for hydroxylation is 1. The fraction of sp³-hybridized carbons (Fsp3) is 0.0714. The Morgan fingerprint density at radius 2 is 1.79 bits per heavy atom. The van der Waals surface area contributed by atoms with Gasteiger partial charge in [0.15, 0.2) is 5.75 Å². The third-order valence-electron chi connectivity index (χ3n) is 2.71. The maximum Gasteiger partial charge on any atom is 0.341 e. The van der Waals surface area contributed by atoms with Crippen molar-refractivity contribution in [3.05, 3.63) is 48.0 Å². The summed E-state index contributed by atoms with van der Waals surface area (Å²) in [5, 5.41) is 7.99. The smallest absolute Gasteiger partial charge is 0.341 e. The lowest BCUT2D eigenvalue weighted by Crippen LogP contribution is -1.98. The van der Waals surface area contributed by atoms with Crippen molar-refractivity contribution in [1.82, 2.24) is 15.2 Å². The van der Waals surface area contributed by atoms with Gasteiger partial charge in [-0.05, 0) is 36.8 Å². The van der Waals surface area contributed by atoms with Crippen molar-refractivity contribution < 1.29 is 4.74 Å². The van der Waals surface area contributed by atoms with Crippen LogP contribution in [0.15, 0.2) is 42.5 Å². The Bertz CT molecular complexity index is 742. The van der Waals surface area contributed by atoms with Crippen LogP contribution < -0.4 is 10.5 Å². The molecule has 0 bridgehead atoms. The molecule has 0 saturated carbocycles. The van der Waals surface area contributed by atoms with Gasteiger partial charge in [0.25, 0.3) is 0 Å². The Hall–Kier alpha value is -2.69. The van der Waals surface area contributed by atoms with Crippen molar-refractivity contribution in [3.8, 4) is 11.8 Å². The minimum atomic E-state index is 0.191. The summed E-state index contributed by atoms with van der Waals surface area (Å²) >= 11 is 0. The van der Waals surface area contributed by atoms with Gasteiger partial charge in [-0.25, -0.2) is 0 Å². The molecule has 2 aromatic carbocycles. The minimum absolute atomic E-state index is 0.191. The Labute approximate surface area is 110 Å². The second-order valence-electron chi connectivity index (χ2n) is 4.23. The molecule has 5 heteroatoms. The zero-order chi connectivity index (χ0) is 13.2. The van der Waals surface area contributed by atoms with Crippen LogP contribution in [0.4, 0.5) is 5.69 Å². The van der Waals surface area contributed by atoms with E-state index in [1.54, 1.807) is 6.07 Å². The zero-order valence-electron chi connectivity index (χ0n) is 10.4. The molecule has 0 unspecified atom stereocenters. The van der Waals surface area contributed by atoms with Gasteiger partial charge < -0.3 is 10.5 Å². The normalized spacial score (nSPS) is 10.6. The number of hydrogen-bond acceptors (Lipinski definition) is 5. The minimum Gasteiger partial charge on any atom is -0.421 e. The third-order valence-corrected chi connectivity index (χ3v) is 2.71. The van der Waals surface area contributed by atoms with Crippen LogP contribution in [0.5, 0.6) is 11.8 Å². The first kappa shape index (κ1) is 11.4. The van der Waals surface area contributed by atoms with E-state index in [4.69, 9.17) is 10.5 Å². The SMILES string of the molecule is Cc1ccc(N)c(Oc2nnc3ccccc3n2)c1. The first-order valence-electron chi connectivity index (χ1n) is 5.86. The number of nitrogens with two attached hydrogens (primary N) is 1. The molecule has 1 heterocycles. The highest BCUT2D eigenvalue weighted by Crippen LogP contribution is 2.26. The Kier molecular flexibility index (Phi) is 2.72. The lowest BCUT2D eigenvalue weighted by atomic mass is 10.2. The number of nitrogen functional groups attached to an aromatic ring is 1. The monoisotopic (exact) mass is 252 g/mol. The molecule has 19 heavy (non-hydrogen) atoms. The topological polar surface area (TPSA) is 73.9 Å². The molecule has 0 aliphatic heterocycles. The van der Waals surface area contributed by atoms with Crippen molar-refractivity contribution in [1.29, 1.82) is 0 Å². The summed E-state index contributed by atoms with van der Waals surface area (Å²) in [4.78, 5) is 4.29. The molecule has 5 nitrogen and oxygen atoms in total. The van der Waals surface area contributed by atoms with Gasteiger partial charge in [0.1, 0.15) is 5.52 Å². The summed E-state index contributed by atoms with van der Waals surface area (Å²) in [5.41, 5.74) is 8.91. The van der Waals surface area contributed by atoms with Gasteiger partial charge in [-0.15, -0.1) is 5.10 Å². The van der Waals surface area contributed by atoms with Crippen LogP contribution in [0.3, 0.4) is 0 Å². The number of rotatable bonds is 2. The molecule has 1 aromatic heterocycles. The lowest BCUT2D eigenvalue weighted by Gasteiger charge is -2.07. The number of nitrogens with zero attached hydrogens (tertiary/aromatic N) is 3. The number of benzene rings is 2. The Morgan fingerprint density at radius 1 is 1.00 bits per heavy atom. The Balaban J connectivity index is 1.98. The van der Waals surface area contributed by atoms with Crippen molar-refractivity contribution in [2.24, 2.45) is 0 Å². The van der Waals surface area contributed by atoms with Gasteiger partial charge in [-0.3, -0.25) is 0 Å². The van der Waals surface area contributed by atoms with Crippen LogP contribution in [-0.2, 0) is 0 Å². The molecule has 3 aromatic rings. The summed E-state index contributed by atoms with van der Waals surface area (Å²) in [6, 6.07) is 13.2. The molecule has 2 N–H and O–H groups in total. The molecule has 0 amide bonds. The van der Waals surface area contributed by atoms with E-state index in [0.717, 1.165) is 16.6 Å². The van der Waals surface area contributed by atoms with Gasteiger partial charge in [-0.2, -0.15) is 4.98 Å². The van der Waals surface area contributed by atoms with E-state index < -0.39 is 0 Å². The van der Waals surface area contributed by atoms with E-state index in [0.29, 0.717) is 11.4 Å². The number of ether oxygens (including phenoxy) is 1. The van der Waals surface area contributed by atoms with Crippen LogP contribution in [-0.4, -0.2) is 15.2 Å². The summed E-state index contributed by atoms with van der Waals surface area (Å²) < 4.78 is 5.59. The lowest BCUT2D eigenvalue weighted by molar-refractivity contribution is 0.438. The first-order chi connectivity index (χ1) is 9.22. The largest absolute Gasteiger partial charge is 0.421 e.